The minimum absolute atomic E-state index is 0.0736. The van der Waals surface area contributed by atoms with Crippen molar-refractivity contribution in [1.29, 1.82) is 0 Å². The van der Waals surface area contributed by atoms with Crippen molar-refractivity contribution in [3.8, 4) is 0 Å². The van der Waals surface area contributed by atoms with Gasteiger partial charge < -0.3 is 0 Å². The molecule has 0 heterocycles. The first kappa shape index (κ1) is 9.46. The van der Waals surface area contributed by atoms with Gasteiger partial charge in [-0.25, -0.2) is 0 Å². The zero-order chi connectivity index (χ0) is 9.42. The fourth-order valence-corrected chi connectivity index (χ4v) is 2.51. The molecule has 13 heavy (non-hydrogen) atoms. The van der Waals surface area contributed by atoms with Crippen molar-refractivity contribution in [2.45, 2.75) is 18.8 Å². The minimum Gasteiger partial charge on any atom is -0.299 e. The average Bonchev–Trinajstić information content (AvgIpc) is 2.07. The summed E-state index contributed by atoms with van der Waals surface area (Å²) in [6.07, 6.45) is 1.67. The molecule has 3 heteroatoms. The molecule has 0 bridgehead atoms. The Morgan fingerprint density at radius 3 is 2.69 bits per heavy atom. The van der Waals surface area contributed by atoms with Gasteiger partial charge in [0.05, 0.1) is 0 Å². The second-order valence-electron chi connectivity index (χ2n) is 3.22. The van der Waals surface area contributed by atoms with Crippen LogP contribution >= 0.6 is 34.2 Å². The van der Waals surface area contributed by atoms with Crippen molar-refractivity contribution in [1.82, 2.24) is 0 Å². The maximum absolute atomic E-state index is 11.2. The lowest BCUT2D eigenvalue weighted by Gasteiger charge is -2.25. The number of ketones is 1. The number of benzene rings is 1. The zero-order valence-electron chi connectivity index (χ0n) is 6.89. The van der Waals surface area contributed by atoms with Gasteiger partial charge in [-0.2, -0.15) is 0 Å². The van der Waals surface area contributed by atoms with E-state index in [1.165, 1.54) is 0 Å². The molecular weight excluding hydrogens is 298 g/mol. The van der Waals surface area contributed by atoms with Crippen molar-refractivity contribution in [3.05, 3.63) is 32.4 Å². The van der Waals surface area contributed by atoms with Crippen LogP contribution in [0.4, 0.5) is 0 Å². The van der Waals surface area contributed by atoms with Crippen molar-refractivity contribution in [2.24, 2.45) is 0 Å². The fraction of sp³-hybridized carbons (Fsp3) is 0.300. The van der Waals surface area contributed by atoms with Crippen molar-refractivity contribution < 1.29 is 4.79 Å². The number of Topliss-reactive ketones (excluding diaryl/α,β-unsaturated/α-hetero) is 1. The molecule has 1 unspecified atom stereocenters. The summed E-state index contributed by atoms with van der Waals surface area (Å²) in [5.41, 5.74) is 0.998. The number of carbonyl (C=O) groups is 1. The maximum Gasteiger partial charge on any atom is 0.140 e. The Morgan fingerprint density at radius 1 is 1.46 bits per heavy atom. The topological polar surface area (TPSA) is 17.1 Å². The van der Waals surface area contributed by atoms with Crippen molar-refractivity contribution >= 4 is 40.0 Å². The van der Waals surface area contributed by atoms with Gasteiger partial charge in [-0.1, -0.05) is 17.7 Å². The van der Waals surface area contributed by atoms with E-state index in [0.29, 0.717) is 12.2 Å². The summed E-state index contributed by atoms with van der Waals surface area (Å²) in [5.74, 6) is 0.396. The van der Waals surface area contributed by atoms with E-state index in [0.717, 1.165) is 20.6 Å². The van der Waals surface area contributed by atoms with Crippen LogP contribution in [0.1, 0.15) is 24.3 Å². The predicted molar refractivity (Wildman–Crippen MR) is 61.2 cm³/mol. The van der Waals surface area contributed by atoms with E-state index in [2.05, 4.69) is 22.6 Å². The van der Waals surface area contributed by atoms with E-state index in [-0.39, 0.29) is 5.92 Å². The highest BCUT2D eigenvalue weighted by atomic mass is 127. The first-order valence-corrected chi connectivity index (χ1v) is 5.62. The predicted octanol–water partition coefficient (Wildman–Crippen LogP) is 3.39. The highest BCUT2D eigenvalue weighted by Gasteiger charge is 2.30. The first-order chi connectivity index (χ1) is 6.18. The summed E-state index contributed by atoms with van der Waals surface area (Å²) < 4.78 is 1.11. The third kappa shape index (κ3) is 1.74. The van der Waals surface area contributed by atoms with Crippen molar-refractivity contribution in [2.75, 3.05) is 0 Å². The second-order valence-corrected chi connectivity index (χ2v) is 4.88. The highest BCUT2D eigenvalue weighted by Crippen LogP contribution is 2.37. The molecule has 0 amide bonds. The summed E-state index contributed by atoms with van der Waals surface area (Å²) in [5, 5.41) is 0.727. The van der Waals surface area contributed by atoms with Crippen LogP contribution in [0.25, 0.3) is 0 Å². The van der Waals surface area contributed by atoms with E-state index in [4.69, 9.17) is 11.6 Å². The molecule has 1 aliphatic rings. The molecular formula is C10H8ClIO. The molecule has 1 aromatic carbocycles. The Bertz CT molecular complexity index is 362. The first-order valence-electron chi connectivity index (χ1n) is 4.16. The van der Waals surface area contributed by atoms with Gasteiger partial charge in [-0.3, -0.25) is 4.79 Å². The van der Waals surface area contributed by atoms with Gasteiger partial charge in [0.15, 0.2) is 0 Å². The third-order valence-corrected chi connectivity index (χ3v) is 3.40. The smallest absolute Gasteiger partial charge is 0.140 e. The summed E-state index contributed by atoms with van der Waals surface area (Å²) in [6, 6.07) is 5.86. The number of hydrogen-bond acceptors (Lipinski definition) is 1. The number of rotatable bonds is 1. The summed E-state index contributed by atoms with van der Waals surface area (Å²) in [6.45, 7) is 0. The van der Waals surface area contributed by atoms with Crippen LogP contribution in [0.2, 0.25) is 5.02 Å². The lowest BCUT2D eigenvalue weighted by molar-refractivity contribution is -0.125. The van der Waals surface area contributed by atoms with Gasteiger partial charge in [0.2, 0.25) is 0 Å². The molecule has 1 aromatic rings. The summed E-state index contributed by atoms with van der Waals surface area (Å²) >= 11 is 8.26. The summed E-state index contributed by atoms with van der Waals surface area (Å²) in [4.78, 5) is 11.2. The Labute approximate surface area is 95.6 Å². The van der Waals surface area contributed by atoms with E-state index in [1.54, 1.807) is 0 Å². The van der Waals surface area contributed by atoms with Crippen LogP contribution < -0.4 is 0 Å². The number of carbonyl (C=O) groups excluding carboxylic acids is 1. The Kier molecular flexibility index (Phi) is 2.60. The second kappa shape index (κ2) is 3.58. The SMILES string of the molecule is O=C1CCC1c1ccc(I)cc1Cl. The molecule has 1 saturated carbocycles. The standard InChI is InChI=1S/C10H8ClIO/c11-9-5-6(12)1-2-7(9)8-3-4-10(8)13/h1-2,5,8H,3-4H2. The lowest BCUT2D eigenvalue weighted by Crippen LogP contribution is -2.23. The number of halogens is 2. The van der Waals surface area contributed by atoms with Crippen LogP contribution in [0.15, 0.2) is 18.2 Å². The lowest BCUT2D eigenvalue weighted by atomic mass is 9.79. The Morgan fingerprint density at radius 2 is 2.23 bits per heavy atom. The van der Waals surface area contributed by atoms with Crippen LogP contribution in [0.3, 0.4) is 0 Å². The van der Waals surface area contributed by atoms with Gasteiger partial charge in [-0.05, 0) is 46.7 Å². The molecule has 0 aromatic heterocycles. The van der Waals surface area contributed by atoms with E-state index < -0.39 is 0 Å². The molecule has 0 radical (unpaired) electrons. The fourth-order valence-electron chi connectivity index (χ4n) is 1.52. The van der Waals surface area contributed by atoms with Gasteiger partial charge in [0, 0.05) is 20.9 Å². The maximum atomic E-state index is 11.2. The minimum atomic E-state index is 0.0736. The zero-order valence-corrected chi connectivity index (χ0v) is 9.80. The average molecular weight is 307 g/mol. The molecule has 0 saturated heterocycles. The molecule has 2 rings (SSSR count). The van der Waals surface area contributed by atoms with Crippen LogP contribution in [-0.4, -0.2) is 5.78 Å². The van der Waals surface area contributed by atoms with Crippen molar-refractivity contribution in [3.63, 3.8) is 0 Å². The van der Waals surface area contributed by atoms with Gasteiger partial charge in [0.25, 0.3) is 0 Å². The van der Waals surface area contributed by atoms with E-state index >= 15 is 0 Å². The summed E-state index contributed by atoms with van der Waals surface area (Å²) in [7, 11) is 0. The highest BCUT2D eigenvalue weighted by molar-refractivity contribution is 14.1. The van der Waals surface area contributed by atoms with Gasteiger partial charge in [-0.15, -0.1) is 0 Å². The van der Waals surface area contributed by atoms with E-state index in [9.17, 15) is 4.79 Å². The molecule has 0 spiro atoms. The Hall–Kier alpha value is -0.0900. The van der Waals surface area contributed by atoms with Crippen LogP contribution in [-0.2, 0) is 4.79 Å². The molecule has 0 N–H and O–H groups in total. The molecule has 1 nitrogen and oxygen atoms in total. The Balaban J connectivity index is 2.35. The normalized spacial score (nSPS) is 21.4. The van der Waals surface area contributed by atoms with E-state index in [1.807, 2.05) is 18.2 Å². The van der Waals surface area contributed by atoms with Gasteiger partial charge >= 0.3 is 0 Å². The molecule has 68 valence electrons. The third-order valence-electron chi connectivity index (χ3n) is 2.41. The van der Waals surface area contributed by atoms with Crippen LogP contribution in [0, 0.1) is 3.57 Å². The van der Waals surface area contributed by atoms with Gasteiger partial charge in [0.1, 0.15) is 5.78 Å². The monoisotopic (exact) mass is 306 g/mol. The molecule has 1 aliphatic carbocycles. The quantitative estimate of drug-likeness (QED) is 0.727. The largest absolute Gasteiger partial charge is 0.299 e. The van der Waals surface area contributed by atoms with Crippen LogP contribution in [0.5, 0.6) is 0 Å². The molecule has 1 atom stereocenters. The molecule has 0 aliphatic heterocycles. The number of hydrogen-bond donors (Lipinski definition) is 0. The molecule has 1 fully saturated rings.